The number of benzene rings is 4. The second kappa shape index (κ2) is 26.1. The summed E-state index contributed by atoms with van der Waals surface area (Å²) >= 11 is 13.0. The molecular weight excluding hydrogens is 1050 g/mol. The lowest BCUT2D eigenvalue weighted by atomic mass is 10.0. The third-order valence-corrected chi connectivity index (χ3v) is 20.2. The fourth-order valence-electron chi connectivity index (χ4n) is 10.6. The Bertz CT molecular complexity index is 2820. The number of piperazine rings is 2. The molecule has 2 aliphatic carbocycles. The van der Waals surface area contributed by atoms with Crippen LogP contribution in [0.25, 0.3) is 0 Å². The SMILES string of the molecule is CCCCNC(=O)NCCCCNC(=O)NCCCC(S(=O)(=O)c1ccc(O[C@H]2c3cc(Cl)cc(C#N)c3C[C@@H]2N2CCNCC2)cc1)S(=O)(=O)c1ccc(O[C@H]2c3cc(Cl)cc(C#N)c3C[C@@H]2N2CCNCC2)cc1. The first-order valence-electron chi connectivity index (χ1n) is 26.1. The number of ether oxygens (including phenoxy) is 2. The summed E-state index contributed by atoms with van der Waals surface area (Å²) < 4.78 is 70.6. The third-order valence-electron chi connectivity index (χ3n) is 14.5. The first kappa shape index (κ1) is 56.5. The Hall–Kier alpha value is -5.68. The number of urea groups is 2. The van der Waals surface area contributed by atoms with Crippen molar-refractivity contribution in [2.24, 2.45) is 0 Å². The third kappa shape index (κ3) is 13.5. The summed E-state index contributed by atoms with van der Waals surface area (Å²) in [5, 5.41) is 38.6. The van der Waals surface area contributed by atoms with E-state index in [1.165, 1.54) is 48.5 Å². The number of hydrogen-bond acceptors (Lipinski definition) is 14. The number of carbonyl (C=O) groups excluding carboxylic acids is 2. The summed E-state index contributed by atoms with van der Waals surface area (Å²) in [5.74, 6) is 0.694. The highest BCUT2D eigenvalue weighted by Crippen LogP contribution is 2.43. The summed E-state index contributed by atoms with van der Waals surface area (Å²) in [6.07, 6.45) is 2.82. The van der Waals surface area contributed by atoms with Crippen molar-refractivity contribution in [2.75, 3.05) is 78.5 Å². The lowest BCUT2D eigenvalue weighted by molar-refractivity contribution is 0.0693. The first-order valence-corrected chi connectivity index (χ1v) is 30.0. The van der Waals surface area contributed by atoms with Crippen LogP contribution in [0.3, 0.4) is 0 Å². The molecule has 406 valence electrons. The van der Waals surface area contributed by atoms with Gasteiger partial charge in [0.05, 0.1) is 45.1 Å². The number of carbonyl (C=O) groups is 2. The average Bonchev–Trinajstić information content (AvgIpc) is 3.99. The molecule has 6 N–H and O–H groups in total. The van der Waals surface area contributed by atoms with Crippen molar-refractivity contribution in [1.82, 2.24) is 41.7 Å². The largest absolute Gasteiger partial charge is 0.484 e. The summed E-state index contributed by atoms with van der Waals surface area (Å²) in [4.78, 5) is 28.8. The average molecular weight is 1120 g/mol. The lowest BCUT2D eigenvalue weighted by Crippen LogP contribution is -2.50. The van der Waals surface area contributed by atoms with E-state index in [4.69, 9.17) is 32.7 Å². The molecule has 0 radical (unpaired) electrons. The highest BCUT2D eigenvalue weighted by Gasteiger charge is 2.43. The molecule has 2 heterocycles. The summed E-state index contributed by atoms with van der Waals surface area (Å²) in [5.41, 5.74) is 4.24. The van der Waals surface area contributed by atoms with E-state index in [1.54, 1.807) is 12.1 Å². The summed E-state index contributed by atoms with van der Waals surface area (Å²) in [6.45, 7) is 9.61. The van der Waals surface area contributed by atoms with Gasteiger partial charge < -0.3 is 41.4 Å². The van der Waals surface area contributed by atoms with Crippen molar-refractivity contribution < 1.29 is 35.9 Å². The van der Waals surface area contributed by atoms with Gasteiger partial charge in [-0.2, -0.15) is 10.5 Å². The summed E-state index contributed by atoms with van der Waals surface area (Å²) in [6, 6.07) is 21.9. The molecule has 0 aromatic heterocycles. The van der Waals surface area contributed by atoms with Gasteiger partial charge in [-0.25, -0.2) is 26.4 Å². The number of nitrogens with zero attached hydrogens (tertiary/aromatic N) is 4. The number of unbranched alkanes of at least 4 members (excludes halogenated alkanes) is 2. The van der Waals surface area contributed by atoms with Crippen LogP contribution in [0.1, 0.15) is 91.0 Å². The fraction of sp³-hybridized carbons (Fsp3) is 0.481. The molecule has 4 aromatic rings. The van der Waals surface area contributed by atoms with Gasteiger partial charge in [0.2, 0.25) is 0 Å². The van der Waals surface area contributed by atoms with E-state index in [0.29, 0.717) is 78.0 Å². The number of hydrogen-bond donors (Lipinski definition) is 6. The topological polar surface area (TPSA) is 247 Å². The molecule has 2 aliphatic heterocycles. The number of fused-ring (bicyclic) bond motifs is 2. The molecular formula is C54H66Cl2N10O8S2. The number of amides is 4. The molecule has 4 atom stereocenters. The van der Waals surface area contributed by atoms with Crippen molar-refractivity contribution in [3.63, 3.8) is 0 Å². The Morgan fingerprint density at radius 2 is 1.00 bits per heavy atom. The van der Waals surface area contributed by atoms with Crippen molar-refractivity contribution in [1.29, 1.82) is 10.5 Å². The van der Waals surface area contributed by atoms with Crippen molar-refractivity contribution in [3.8, 4) is 23.6 Å². The van der Waals surface area contributed by atoms with Gasteiger partial charge in [0.25, 0.3) is 0 Å². The predicted octanol–water partition coefficient (Wildman–Crippen LogP) is 6.17. The van der Waals surface area contributed by atoms with Crippen LogP contribution in [-0.4, -0.2) is 134 Å². The Labute approximate surface area is 456 Å². The minimum atomic E-state index is -4.63. The van der Waals surface area contributed by atoms with Gasteiger partial charge in [0, 0.05) is 88.6 Å². The molecule has 0 bridgehead atoms. The molecule has 2 saturated heterocycles. The molecule has 4 aromatic carbocycles. The van der Waals surface area contributed by atoms with E-state index in [2.05, 4.69) is 53.8 Å². The standard InChI is InChI=1S/C54H66Cl2N10O8S2/c1-2-3-16-61-53(67)62-17-4-5-18-63-54(68)64-19-6-7-50(75(69,70)42-12-8-40(9-13-42)73-51-46-30-38(55)28-36(34-57)44(46)32-48(51)65-24-20-59-21-25-65)76(71,72)43-14-10-41(11-15-43)74-52-47-31-39(56)29-37(35-58)45(47)33-49(52)66-26-22-60-23-27-66/h8-15,28-31,48-52,59-60H,2-7,16-27,32-33H2,1H3,(H2,61,62,67)(H2,63,64,68)/t48-,49-,51-,52-/m0/s1. The van der Waals surface area contributed by atoms with Gasteiger partial charge in [-0.3, -0.25) is 9.80 Å². The zero-order valence-electron chi connectivity index (χ0n) is 42.6. The predicted molar refractivity (Wildman–Crippen MR) is 290 cm³/mol. The van der Waals surface area contributed by atoms with E-state index < -0.39 is 42.5 Å². The first-order chi connectivity index (χ1) is 36.7. The Kier molecular flexibility index (Phi) is 19.4. The number of nitrogens with one attached hydrogen (secondary N) is 6. The van der Waals surface area contributed by atoms with Crippen LogP contribution in [0.5, 0.6) is 11.5 Å². The monoisotopic (exact) mass is 1120 g/mol. The van der Waals surface area contributed by atoms with E-state index >= 15 is 0 Å². The number of sulfone groups is 2. The number of halogens is 2. The van der Waals surface area contributed by atoms with Crippen LogP contribution < -0.4 is 41.4 Å². The van der Waals surface area contributed by atoms with Crippen LogP contribution in [-0.2, 0) is 32.5 Å². The van der Waals surface area contributed by atoms with E-state index in [9.17, 15) is 36.9 Å². The second-order valence-electron chi connectivity index (χ2n) is 19.5. The van der Waals surface area contributed by atoms with Crippen molar-refractivity contribution in [3.05, 3.63) is 116 Å². The molecule has 76 heavy (non-hydrogen) atoms. The zero-order valence-corrected chi connectivity index (χ0v) is 45.7. The van der Waals surface area contributed by atoms with Crippen LogP contribution in [0.4, 0.5) is 9.59 Å². The highest BCUT2D eigenvalue weighted by atomic mass is 35.5. The van der Waals surface area contributed by atoms with Crippen LogP contribution in [0.15, 0.2) is 82.6 Å². The fourth-order valence-corrected chi connectivity index (χ4v) is 15.6. The van der Waals surface area contributed by atoms with Crippen LogP contribution in [0, 0.1) is 22.7 Å². The molecule has 4 amide bonds. The maximum absolute atomic E-state index is 14.8. The smallest absolute Gasteiger partial charge is 0.314 e. The van der Waals surface area contributed by atoms with Gasteiger partial charge in [0.15, 0.2) is 24.3 Å². The molecule has 8 rings (SSSR count). The van der Waals surface area contributed by atoms with Crippen molar-refractivity contribution >= 4 is 54.9 Å². The van der Waals surface area contributed by atoms with Gasteiger partial charge in [0.1, 0.15) is 23.7 Å². The maximum atomic E-state index is 14.8. The molecule has 2 fully saturated rings. The molecule has 4 aliphatic rings. The molecule has 0 spiro atoms. The quantitative estimate of drug-likeness (QED) is 0.0482. The molecule has 22 heteroatoms. The van der Waals surface area contributed by atoms with Gasteiger partial charge in [-0.15, -0.1) is 0 Å². The van der Waals surface area contributed by atoms with Gasteiger partial charge in [-0.1, -0.05) is 36.5 Å². The number of nitriles is 2. The minimum absolute atomic E-state index is 0.000512. The van der Waals surface area contributed by atoms with E-state index in [1.807, 2.05) is 19.1 Å². The van der Waals surface area contributed by atoms with Crippen LogP contribution >= 0.6 is 23.2 Å². The maximum Gasteiger partial charge on any atom is 0.314 e. The lowest BCUT2D eigenvalue weighted by Gasteiger charge is -2.36. The van der Waals surface area contributed by atoms with E-state index in [-0.39, 0.29) is 47.3 Å². The van der Waals surface area contributed by atoms with Gasteiger partial charge >= 0.3 is 12.1 Å². The zero-order chi connectivity index (χ0) is 53.8. The normalized spacial score (nSPS) is 19.7. The molecule has 0 saturated carbocycles. The van der Waals surface area contributed by atoms with Crippen molar-refractivity contribution in [2.45, 2.75) is 97.0 Å². The minimum Gasteiger partial charge on any atom is -0.484 e. The summed E-state index contributed by atoms with van der Waals surface area (Å²) in [7, 11) is -9.25. The Balaban J connectivity index is 0.992. The highest BCUT2D eigenvalue weighted by molar-refractivity contribution is 8.09. The second-order valence-corrected chi connectivity index (χ2v) is 24.9. The number of rotatable bonds is 22. The molecule has 18 nitrogen and oxygen atoms in total. The Morgan fingerprint density at radius 1 is 0.618 bits per heavy atom. The van der Waals surface area contributed by atoms with E-state index in [0.717, 1.165) is 87.5 Å². The van der Waals surface area contributed by atoms with Crippen LogP contribution in [0.2, 0.25) is 10.0 Å². The Morgan fingerprint density at radius 3 is 1.38 bits per heavy atom. The molecule has 0 unspecified atom stereocenters. The van der Waals surface area contributed by atoms with Gasteiger partial charge in [-0.05, 0) is 140 Å².